The summed E-state index contributed by atoms with van der Waals surface area (Å²) in [4.78, 5) is 5.88. The summed E-state index contributed by atoms with van der Waals surface area (Å²) in [6, 6.07) is 13.7. The molecule has 0 aliphatic rings. The highest BCUT2D eigenvalue weighted by Gasteiger charge is 2.03. The molecule has 2 heterocycles. The van der Waals surface area contributed by atoms with Crippen LogP contribution in [0.25, 0.3) is 0 Å². The van der Waals surface area contributed by atoms with Crippen molar-refractivity contribution in [3.05, 3.63) is 71.4 Å². The lowest BCUT2D eigenvalue weighted by Gasteiger charge is -2.12. The minimum absolute atomic E-state index is 0. The molecular formula is C20H25ClIN5OS. The van der Waals surface area contributed by atoms with Gasteiger partial charge < -0.3 is 15.1 Å². The first-order chi connectivity index (χ1) is 13.7. The number of nitrogens with one attached hydrogen (secondary N) is 2. The van der Waals surface area contributed by atoms with Crippen LogP contribution in [0.4, 0.5) is 0 Å². The van der Waals surface area contributed by atoms with E-state index < -0.39 is 0 Å². The number of aryl methyl sites for hydroxylation is 1. The number of furan rings is 1. The maximum absolute atomic E-state index is 5.93. The number of aromatic nitrogens is 2. The Morgan fingerprint density at radius 1 is 1.17 bits per heavy atom. The lowest BCUT2D eigenvalue weighted by atomic mass is 10.3. The predicted molar refractivity (Wildman–Crippen MR) is 130 cm³/mol. The van der Waals surface area contributed by atoms with Gasteiger partial charge in [0.15, 0.2) is 5.96 Å². The van der Waals surface area contributed by atoms with Gasteiger partial charge in [0.25, 0.3) is 0 Å². The zero-order valence-electron chi connectivity index (χ0n) is 16.2. The van der Waals surface area contributed by atoms with Crippen molar-refractivity contribution < 1.29 is 4.42 Å². The van der Waals surface area contributed by atoms with Crippen LogP contribution in [0.1, 0.15) is 11.5 Å². The fraction of sp³-hybridized carbons (Fsp3) is 0.300. The van der Waals surface area contributed by atoms with Crippen molar-refractivity contribution in [1.29, 1.82) is 0 Å². The lowest BCUT2D eigenvalue weighted by molar-refractivity contribution is 0.507. The third-order valence-corrected chi connectivity index (χ3v) is 5.31. The summed E-state index contributed by atoms with van der Waals surface area (Å²) >= 11 is 7.71. The van der Waals surface area contributed by atoms with E-state index in [0.29, 0.717) is 6.54 Å². The molecule has 0 fully saturated rings. The van der Waals surface area contributed by atoms with Crippen LogP contribution in [0.2, 0.25) is 5.02 Å². The zero-order valence-corrected chi connectivity index (χ0v) is 20.1. The van der Waals surface area contributed by atoms with Crippen LogP contribution in [0.15, 0.2) is 69.2 Å². The molecule has 29 heavy (non-hydrogen) atoms. The third kappa shape index (κ3) is 8.31. The molecule has 0 radical (unpaired) electrons. The second-order valence-electron chi connectivity index (χ2n) is 6.10. The summed E-state index contributed by atoms with van der Waals surface area (Å²) in [5, 5.41) is 11.7. The Hall–Kier alpha value is -1.65. The normalized spacial score (nSPS) is 11.2. The number of rotatable bonds is 9. The number of benzene rings is 1. The highest BCUT2D eigenvalue weighted by molar-refractivity contribution is 14.0. The first-order valence-electron chi connectivity index (χ1n) is 9.10. The summed E-state index contributed by atoms with van der Waals surface area (Å²) in [6.07, 6.45) is 4.28. The minimum atomic E-state index is 0. The number of aliphatic imine (C=N–C) groups is 1. The number of thioether (sulfide) groups is 1. The van der Waals surface area contributed by atoms with Crippen LogP contribution < -0.4 is 10.6 Å². The Morgan fingerprint density at radius 2 is 1.97 bits per heavy atom. The van der Waals surface area contributed by atoms with Gasteiger partial charge in [0, 0.05) is 48.4 Å². The fourth-order valence-corrected chi connectivity index (χ4v) is 3.41. The molecule has 0 spiro atoms. The van der Waals surface area contributed by atoms with Crippen molar-refractivity contribution >= 4 is 53.3 Å². The largest absolute Gasteiger partial charge is 0.469 e. The SMILES string of the molecule is Cn1nccc1CN=C(NCCSc1ccc(Cl)cc1)NCCc1ccco1.I. The summed E-state index contributed by atoms with van der Waals surface area (Å²) < 4.78 is 7.21. The molecule has 0 saturated carbocycles. The monoisotopic (exact) mass is 545 g/mol. The van der Waals surface area contributed by atoms with E-state index in [2.05, 4.69) is 20.7 Å². The van der Waals surface area contributed by atoms with E-state index in [1.54, 1.807) is 24.2 Å². The molecule has 0 aliphatic heterocycles. The molecule has 2 N–H and O–H groups in total. The van der Waals surface area contributed by atoms with E-state index in [-0.39, 0.29) is 24.0 Å². The smallest absolute Gasteiger partial charge is 0.191 e. The van der Waals surface area contributed by atoms with E-state index in [1.165, 1.54) is 4.90 Å². The minimum Gasteiger partial charge on any atom is -0.469 e. The first-order valence-corrected chi connectivity index (χ1v) is 10.5. The zero-order chi connectivity index (χ0) is 19.6. The molecule has 2 aromatic heterocycles. The number of guanidine groups is 1. The topological polar surface area (TPSA) is 67.4 Å². The molecule has 0 atom stereocenters. The van der Waals surface area contributed by atoms with E-state index in [9.17, 15) is 0 Å². The van der Waals surface area contributed by atoms with Crippen molar-refractivity contribution in [1.82, 2.24) is 20.4 Å². The van der Waals surface area contributed by atoms with Crippen molar-refractivity contribution in [3.8, 4) is 0 Å². The molecule has 3 aromatic rings. The van der Waals surface area contributed by atoms with Crippen LogP contribution >= 0.6 is 47.3 Å². The van der Waals surface area contributed by atoms with Crippen molar-refractivity contribution in [2.45, 2.75) is 17.9 Å². The molecule has 0 saturated heterocycles. The van der Waals surface area contributed by atoms with Gasteiger partial charge in [0.05, 0.1) is 18.5 Å². The second-order valence-corrected chi connectivity index (χ2v) is 7.70. The van der Waals surface area contributed by atoms with Crippen LogP contribution in [0.5, 0.6) is 0 Å². The number of halogens is 2. The molecule has 0 amide bonds. The van der Waals surface area contributed by atoms with E-state index >= 15 is 0 Å². The summed E-state index contributed by atoms with van der Waals surface area (Å²) in [5.41, 5.74) is 1.06. The maximum atomic E-state index is 5.93. The summed E-state index contributed by atoms with van der Waals surface area (Å²) in [6.45, 7) is 2.11. The molecular weight excluding hydrogens is 521 g/mol. The van der Waals surface area contributed by atoms with Gasteiger partial charge in [-0.25, -0.2) is 4.99 Å². The second kappa shape index (κ2) is 12.8. The van der Waals surface area contributed by atoms with Crippen LogP contribution in [-0.4, -0.2) is 34.6 Å². The molecule has 1 aromatic carbocycles. The standard InChI is InChI=1S/C20H24ClN5OS.HI/c1-26-17(8-11-25-26)15-24-20(22-10-9-18-3-2-13-27-18)23-12-14-28-19-6-4-16(21)5-7-19;/h2-8,11,13H,9-10,12,14-15H2,1H3,(H2,22,23,24);1H. The Bertz CT molecular complexity index is 867. The molecule has 9 heteroatoms. The fourth-order valence-electron chi connectivity index (χ4n) is 2.52. The van der Waals surface area contributed by atoms with Gasteiger partial charge in [-0.3, -0.25) is 4.68 Å². The van der Waals surface area contributed by atoms with Crippen LogP contribution in [0, 0.1) is 0 Å². The van der Waals surface area contributed by atoms with Gasteiger partial charge in [0.2, 0.25) is 0 Å². The first kappa shape index (κ1) is 23.6. The van der Waals surface area contributed by atoms with Gasteiger partial charge in [-0.2, -0.15) is 5.10 Å². The van der Waals surface area contributed by atoms with Gasteiger partial charge in [-0.05, 0) is 42.5 Å². The third-order valence-electron chi connectivity index (χ3n) is 4.04. The Balaban J connectivity index is 0.00000300. The van der Waals surface area contributed by atoms with E-state index in [0.717, 1.165) is 47.7 Å². The number of hydrogen-bond acceptors (Lipinski definition) is 4. The molecule has 6 nitrogen and oxygen atoms in total. The molecule has 156 valence electrons. The lowest BCUT2D eigenvalue weighted by Crippen LogP contribution is -2.39. The highest BCUT2D eigenvalue weighted by Crippen LogP contribution is 2.19. The van der Waals surface area contributed by atoms with Crippen LogP contribution in [-0.2, 0) is 20.0 Å². The quantitative estimate of drug-likeness (QED) is 0.138. The van der Waals surface area contributed by atoms with Gasteiger partial charge in [0.1, 0.15) is 5.76 Å². The van der Waals surface area contributed by atoms with E-state index in [1.807, 2.05) is 54.2 Å². The molecule has 3 rings (SSSR count). The predicted octanol–water partition coefficient (Wildman–Crippen LogP) is 4.35. The van der Waals surface area contributed by atoms with Crippen molar-refractivity contribution in [2.75, 3.05) is 18.8 Å². The van der Waals surface area contributed by atoms with Gasteiger partial charge in [-0.15, -0.1) is 35.7 Å². The number of nitrogens with zero attached hydrogens (tertiary/aromatic N) is 3. The average molecular weight is 546 g/mol. The summed E-state index contributed by atoms with van der Waals surface area (Å²) in [7, 11) is 1.92. The number of hydrogen-bond donors (Lipinski definition) is 2. The average Bonchev–Trinajstić information content (AvgIpc) is 3.36. The van der Waals surface area contributed by atoms with Crippen molar-refractivity contribution in [2.24, 2.45) is 12.0 Å². The maximum Gasteiger partial charge on any atom is 0.191 e. The summed E-state index contributed by atoms with van der Waals surface area (Å²) in [5.74, 6) is 2.66. The Kier molecular flexibility index (Phi) is 10.4. The molecule has 0 aliphatic carbocycles. The Labute approximate surface area is 197 Å². The Morgan fingerprint density at radius 3 is 2.66 bits per heavy atom. The van der Waals surface area contributed by atoms with Crippen LogP contribution in [0.3, 0.4) is 0 Å². The molecule has 0 bridgehead atoms. The molecule has 0 unspecified atom stereocenters. The van der Waals surface area contributed by atoms with E-state index in [4.69, 9.17) is 16.0 Å². The van der Waals surface area contributed by atoms with Gasteiger partial charge >= 0.3 is 0 Å². The highest BCUT2D eigenvalue weighted by atomic mass is 127. The van der Waals surface area contributed by atoms with Crippen molar-refractivity contribution in [3.63, 3.8) is 0 Å². The van der Waals surface area contributed by atoms with Gasteiger partial charge in [-0.1, -0.05) is 11.6 Å².